The summed E-state index contributed by atoms with van der Waals surface area (Å²) in [5, 5.41) is 10.6. The predicted molar refractivity (Wildman–Crippen MR) is 93.5 cm³/mol. The van der Waals surface area contributed by atoms with Crippen molar-refractivity contribution in [2.45, 2.75) is 25.9 Å². The molecule has 0 aliphatic carbocycles. The van der Waals surface area contributed by atoms with E-state index in [1.165, 1.54) is 12.1 Å². The Balaban J connectivity index is 1.71. The van der Waals surface area contributed by atoms with E-state index < -0.39 is 0 Å². The standard InChI is InChI=1S/C18H18N6O2/c1-12-19-17-15(11-13-5-3-2-4-6-13)23(9-10-24(17)22-12)18(26)14-7-8-16(25)21-20-14/h2-8,15H,9-11H2,1H3,(H,21,25)/t15-/m0/s1. The molecule has 1 amide bonds. The molecule has 26 heavy (non-hydrogen) atoms. The smallest absolute Gasteiger partial charge is 0.274 e. The third-order valence-corrected chi connectivity index (χ3v) is 4.46. The summed E-state index contributed by atoms with van der Waals surface area (Å²) in [6.45, 7) is 2.93. The third kappa shape index (κ3) is 3.01. The topological polar surface area (TPSA) is 96.8 Å². The Labute approximate surface area is 149 Å². The van der Waals surface area contributed by atoms with Crippen molar-refractivity contribution in [2.24, 2.45) is 0 Å². The number of aromatic amines is 1. The van der Waals surface area contributed by atoms with Crippen LogP contribution in [0.3, 0.4) is 0 Å². The Morgan fingerprint density at radius 1 is 1.19 bits per heavy atom. The quantitative estimate of drug-likeness (QED) is 0.763. The van der Waals surface area contributed by atoms with Crippen LogP contribution in [0.2, 0.25) is 0 Å². The summed E-state index contributed by atoms with van der Waals surface area (Å²) in [6, 6.07) is 12.5. The number of fused-ring (bicyclic) bond motifs is 1. The highest BCUT2D eigenvalue weighted by atomic mass is 16.2. The molecule has 132 valence electrons. The van der Waals surface area contributed by atoms with Crippen molar-refractivity contribution >= 4 is 5.91 Å². The zero-order valence-corrected chi connectivity index (χ0v) is 14.3. The first-order valence-corrected chi connectivity index (χ1v) is 8.44. The molecule has 3 heterocycles. The molecule has 2 aromatic heterocycles. The second-order valence-corrected chi connectivity index (χ2v) is 6.25. The normalized spacial score (nSPS) is 16.3. The van der Waals surface area contributed by atoms with Crippen LogP contribution in [0.4, 0.5) is 0 Å². The van der Waals surface area contributed by atoms with E-state index in [1.54, 1.807) is 4.90 Å². The second kappa shape index (κ2) is 6.55. The first kappa shape index (κ1) is 16.2. The Kier molecular flexibility index (Phi) is 4.08. The van der Waals surface area contributed by atoms with Gasteiger partial charge in [-0.05, 0) is 18.6 Å². The molecule has 8 nitrogen and oxygen atoms in total. The van der Waals surface area contributed by atoms with Crippen LogP contribution >= 0.6 is 0 Å². The number of carbonyl (C=O) groups excluding carboxylic acids is 1. The number of nitrogens with zero attached hydrogens (tertiary/aromatic N) is 5. The molecule has 0 saturated heterocycles. The highest BCUT2D eigenvalue weighted by Crippen LogP contribution is 2.28. The van der Waals surface area contributed by atoms with Crippen LogP contribution in [-0.4, -0.2) is 42.3 Å². The van der Waals surface area contributed by atoms with Gasteiger partial charge in [0, 0.05) is 19.0 Å². The van der Waals surface area contributed by atoms with E-state index in [-0.39, 0.29) is 23.2 Å². The number of hydrogen-bond donors (Lipinski definition) is 1. The molecular formula is C18H18N6O2. The van der Waals surface area contributed by atoms with Crippen molar-refractivity contribution in [3.63, 3.8) is 0 Å². The third-order valence-electron chi connectivity index (χ3n) is 4.46. The van der Waals surface area contributed by atoms with Gasteiger partial charge in [-0.15, -0.1) is 0 Å². The molecule has 0 fully saturated rings. The van der Waals surface area contributed by atoms with Crippen molar-refractivity contribution < 1.29 is 4.79 Å². The molecule has 0 bridgehead atoms. The Bertz CT molecular complexity index is 974. The van der Waals surface area contributed by atoms with Crippen LogP contribution in [0.15, 0.2) is 47.3 Å². The number of rotatable bonds is 3. The summed E-state index contributed by atoms with van der Waals surface area (Å²) < 4.78 is 1.87. The van der Waals surface area contributed by atoms with Crippen molar-refractivity contribution in [2.75, 3.05) is 6.54 Å². The average Bonchev–Trinajstić information content (AvgIpc) is 3.04. The molecule has 1 N–H and O–H groups in total. The van der Waals surface area contributed by atoms with E-state index >= 15 is 0 Å². The highest BCUT2D eigenvalue weighted by Gasteiger charge is 2.34. The lowest BCUT2D eigenvalue weighted by Crippen LogP contribution is -2.44. The molecular weight excluding hydrogens is 332 g/mol. The van der Waals surface area contributed by atoms with Crippen LogP contribution < -0.4 is 5.56 Å². The zero-order valence-electron chi connectivity index (χ0n) is 14.3. The van der Waals surface area contributed by atoms with Gasteiger partial charge in [-0.25, -0.2) is 14.8 Å². The fourth-order valence-electron chi connectivity index (χ4n) is 3.27. The Hall–Kier alpha value is -3.29. The monoisotopic (exact) mass is 350 g/mol. The summed E-state index contributed by atoms with van der Waals surface area (Å²) in [4.78, 5) is 30.6. The number of aryl methyl sites for hydroxylation is 1. The van der Waals surface area contributed by atoms with Crippen molar-refractivity contribution in [3.8, 4) is 0 Å². The molecule has 3 aromatic rings. The van der Waals surface area contributed by atoms with Crippen LogP contribution in [0, 0.1) is 6.92 Å². The summed E-state index contributed by atoms with van der Waals surface area (Å²) >= 11 is 0. The number of carbonyl (C=O) groups is 1. The summed E-state index contributed by atoms with van der Waals surface area (Å²) in [6.07, 6.45) is 0.633. The number of H-pyrrole nitrogens is 1. The molecule has 1 aromatic carbocycles. The molecule has 0 radical (unpaired) electrons. The Morgan fingerprint density at radius 2 is 2.00 bits per heavy atom. The van der Waals surface area contributed by atoms with Gasteiger partial charge >= 0.3 is 0 Å². The zero-order chi connectivity index (χ0) is 18.1. The minimum absolute atomic E-state index is 0.215. The fraction of sp³-hybridized carbons (Fsp3) is 0.278. The van der Waals surface area contributed by atoms with E-state index in [4.69, 9.17) is 0 Å². The molecule has 0 spiro atoms. The fourth-order valence-corrected chi connectivity index (χ4v) is 3.27. The second-order valence-electron chi connectivity index (χ2n) is 6.25. The van der Waals surface area contributed by atoms with Gasteiger partial charge in [0.15, 0.2) is 0 Å². The van der Waals surface area contributed by atoms with Gasteiger partial charge < -0.3 is 4.90 Å². The van der Waals surface area contributed by atoms with Crippen molar-refractivity contribution in [1.29, 1.82) is 0 Å². The van der Waals surface area contributed by atoms with Gasteiger partial charge in [0.2, 0.25) is 0 Å². The first-order valence-electron chi connectivity index (χ1n) is 8.44. The number of amides is 1. The molecule has 1 aliphatic rings. The maximum Gasteiger partial charge on any atom is 0.274 e. The van der Waals surface area contributed by atoms with Crippen LogP contribution in [0.25, 0.3) is 0 Å². The lowest BCUT2D eigenvalue weighted by molar-refractivity contribution is 0.0601. The molecule has 1 atom stereocenters. The summed E-state index contributed by atoms with van der Waals surface area (Å²) in [7, 11) is 0. The van der Waals surface area contributed by atoms with Crippen molar-refractivity contribution in [3.05, 3.63) is 75.7 Å². The van der Waals surface area contributed by atoms with Crippen LogP contribution in [-0.2, 0) is 13.0 Å². The summed E-state index contributed by atoms with van der Waals surface area (Å²) in [5.74, 6) is 1.24. The van der Waals surface area contributed by atoms with Crippen molar-refractivity contribution in [1.82, 2.24) is 29.9 Å². The van der Waals surface area contributed by atoms with Crippen LogP contribution in [0.5, 0.6) is 0 Å². The van der Waals surface area contributed by atoms with Gasteiger partial charge in [0.1, 0.15) is 17.3 Å². The largest absolute Gasteiger partial charge is 0.325 e. The van der Waals surface area contributed by atoms with E-state index in [1.807, 2.05) is 41.9 Å². The van der Waals surface area contributed by atoms with Gasteiger partial charge in [0.25, 0.3) is 11.5 Å². The van der Waals surface area contributed by atoms with Gasteiger partial charge in [-0.2, -0.15) is 10.2 Å². The average molecular weight is 350 g/mol. The highest BCUT2D eigenvalue weighted by molar-refractivity contribution is 5.92. The van der Waals surface area contributed by atoms with Gasteiger partial charge in [-0.1, -0.05) is 30.3 Å². The Morgan fingerprint density at radius 3 is 2.73 bits per heavy atom. The SMILES string of the molecule is Cc1nc2n(n1)CCN(C(=O)c1ccc(=O)[nH]n1)[C@H]2Cc1ccccc1. The number of aromatic nitrogens is 5. The molecule has 0 saturated carbocycles. The molecule has 4 rings (SSSR count). The van der Waals surface area contributed by atoms with Gasteiger partial charge in [-0.3, -0.25) is 9.59 Å². The minimum atomic E-state index is -0.337. The number of benzene rings is 1. The lowest BCUT2D eigenvalue weighted by Gasteiger charge is -2.35. The van der Waals surface area contributed by atoms with Gasteiger partial charge in [0.05, 0.1) is 12.6 Å². The maximum atomic E-state index is 13.0. The maximum absolute atomic E-state index is 13.0. The predicted octanol–water partition coefficient (Wildman–Crippen LogP) is 1.11. The molecule has 0 unspecified atom stereocenters. The van der Waals surface area contributed by atoms with E-state index in [9.17, 15) is 9.59 Å². The first-order chi connectivity index (χ1) is 12.6. The van der Waals surface area contributed by atoms with Crippen LogP contribution in [0.1, 0.15) is 33.7 Å². The number of nitrogens with one attached hydrogen (secondary N) is 1. The molecule has 1 aliphatic heterocycles. The van der Waals surface area contributed by atoms with E-state index in [2.05, 4.69) is 20.3 Å². The minimum Gasteiger partial charge on any atom is -0.325 e. The summed E-state index contributed by atoms with van der Waals surface area (Å²) in [5.41, 5.74) is 0.988. The van der Waals surface area contributed by atoms with E-state index in [0.29, 0.717) is 25.3 Å². The number of hydrogen-bond acceptors (Lipinski definition) is 5. The van der Waals surface area contributed by atoms with E-state index in [0.717, 1.165) is 11.4 Å². The molecule has 8 heteroatoms. The lowest BCUT2D eigenvalue weighted by atomic mass is 10.0.